The van der Waals surface area contributed by atoms with Crippen molar-refractivity contribution in [3.63, 3.8) is 0 Å². The van der Waals surface area contributed by atoms with Crippen molar-refractivity contribution in [1.82, 2.24) is 16.1 Å². The first-order valence-corrected chi connectivity index (χ1v) is 9.89. The standard InChI is InChI=1S/C22H28N4O4/c1-2-15-5-7-16(8-6-15)17-9-11-18(12-10-17)21(28)24-13-3-4-20(27)25-19(14-23)22(29)26-30/h5-12,19,30H,2-4,13-14,23H2,1H3,(H,24,28)(H,25,27)(H,26,29)/t19-/m0/s1. The van der Waals surface area contributed by atoms with Crippen LogP contribution >= 0.6 is 0 Å². The topological polar surface area (TPSA) is 134 Å². The highest BCUT2D eigenvalue weighted by molar-refractivity contribution is 5.94. The van der Waals surface area contributed by atoms with Crippen LogP contribution in [0.1, 0.15) is 35.7 Å². The summed E-state index contributed by atoms with van der Waals surface area (Å²) in [6.07, 6.45) is 1.51. The van der Waals surface area contributed by atoms with E-state index in [1.165, 1.54) is 11.0 Å². The van der Waals surface area contributed by atoms with Crippen molar-refractivity contribution >= 4 is 17.7 Å². The number of aryl methyl sites for hydroxylation is 1. The summed E-state index contributed by atoms with van der Waals surface area (Å²) in [5.74, 6) is -1.38. The molecular weight excluding hydrogens is 384 g/mol. The van der Waals surface area contributed by atoms with Gasteiger partial charge in [-0.3, -0.25) is 19.6 Å². The summed E-state index contributed by atoms with van der Waals surface area (Å²) in [6, 6.07) is 14.7. The van der Waals surface area contributed by atoms with Crippen LogP contribution in [0.5, 0.6) is 0 Å². The number of benzene rings is 2. The lowest BCUT2D eigenvalue weighted by molar-refractivity contribution is -0.134. The predicted octanol–water partition coefficient (Wildman–Crippen LogP) is 1.37. The summed E-state index contributed by atoms with van der Waals surface area (Å²) in [7, 11) is 0. The number of carbonyl (C=O) groups excluding carboxylic acids is 3. The van der Waals surface area contributed by atoms with Gasteiger partial charge in [-0.2, -0.15) is 0 Å². The van der Waals surface area contributed by atoms with E-state index in [0.29, 0.717) is 18.5 Å². The molecule has 0 saturated heterocycles. The Balaban J connectivity index is 1.78. The van der Waals surface area contributed by atoms with Gasteiger partial charge in [0.2, 0.25) is 5.91 Å². The Hall–Kier alpha value is -3.23. The summed E-state index contributed by atoms with van der Waals surface area (Å²) in [5, 5.41) is 13.8. The number of hydrogen-bond acceptors (Lipinski definition) is 5. The number of rotatable bonds is 10. The molecule has 2 rings (SSSR count). The highest BCUT2D eigenvalue weighted by Gasteiger charge is 2.18. The Bertz CT molecular complexity index is 850. The minimum Gasteiger partial charge on any atom is -0.352 e. The first-order valence-electron chi connectivity index (χ1n) is 9.89. The number of hydrogen-bond donors (Lipinski definition) is 5. The van der Waals surface area contributed by atoms with Crippen molar-refractivity contribution in [2.45, 2.75) is 32.2 Å². The normalized spacial score (nSPS) is 11.4. The van der Waals surface area contributed by atoms with Gasteiger partial charge in [0.05, 0.1) is 0 Å². The minimum atomic E-state index is -0.992. The molecule has 0 unspecified atom stereocenters. The molecule has 0 fully saturated rings. The second-order valence-electron chi connectivity index (χ2n) is 6.82. The average molecular weight is 412 g/mol. The number of nitrogens with two attached hydrogens (primary N) is 1. The van der Waals surface area contributed by atoms with Gasteiger partial charge in [0.15, 0.2) is 0 Å². The lowest BCUT2D eigenvalue weighted by Gasteiger charge is -2.14. The molecule has 0 aliphatic carbocycles. The van der Waals surface area contributed by atoms with Gasteiger partial charge in [-0.25, -0.2) is 5.48 Å². The molecule has 2 aromatic rings. The van der Waals surface area contributed by atoms with Gasteiger partial charge < -0.3 is 16.4 Å². The Labute approximate surface area is 175 Å². The fourth-order valence-corrected chi connectivity index (χ4v) is 2.88. The summed E-state index contributed by atoms with van der Waals surface area (Å²) in [6.45, 7) is 2.29. The zero-order chi connectivity index (χ0) is 21.9. The number of nitrogens with one attached hydrogen (secondary N) is 3. The SMILES string of the molecule is CCc1ccc(-c2ccc(C(=O)NCCCC(=O)N[C@@H](CN)C(=O)NO)cc2)cc1. The first kappa shape index (κ1) is 23.1. The molecule has 8 heteroatoms. The van der Waals surface area contributed by atoms with E-state index in [9.17, 15) is 14.4 Å². The molecule has 8 nitrogen and oxygen atoms in total. The van der Waals surface area contributed by atoms with Crippen LogP contribution in [0.2, 0.25) is 0 Å². The molecule has 0 bridgehead atoms. The van der Waals surface area contributed by atoms with Crippen molar-refractivity contribution in [3.05, 3.63) is 59.7 Å². The first-order chi connectivity index (χ1) is 14.5. The summed E-state index contributed by atoms with van der Waals surface area (Å²) >= 11 is 0. The van der Waals surface area contributed by atoms with Gasteiger partial charge in [0, 0.05) is 25.1 Å². The van der Waals surface area contributed by atoms with Crippen molar-refractivity contribution in [2.24, 2.45) is 5.73 Å². The fourth-order valence-electron chi connectivity index (χ4n) is 2.88. The third kappa shape index (κ3) is 6.68. The third-order valence-corrected chi connectivity index (χ3v) is 4.71. The van der Waals surface area contributed by atoms with Crippen LogP contribution < -0.4 is 21.8 Å². The Kier molecular flexibility index (Phi) is 8.99. The highest BCUT2D eigenvalue weighted by atomic mass is 16.5. The zero-order valence-corrected chi connectivity index (χ0v) is 17.0. The quantitative estimate of drug-likeness (QED) is 0.228. The molecule has 0 aliphatic heterocycles. The van der Waals surface area contributed by atoms with Crippen LogP contribution in [0.4, 0.5) is 0 Å². The second kappa shape index (κ2) is 11.7. The Morgan fingerprint density at radius 3 is 2.13 bits per heavy atom. The molecule has 0 radical (unpaired) electrons. The minimum absolute atomic E-state index is 0.113. The second-order valence-corrected chi connectivity index (χ2v) is 6.82. The van der Waals surface area contributed by atoms with Crippen LogP contribution in [-0.4, -0.2) is 42.1 Å². The van der Waals surface area contributed by atoms with Crippen LogP contribution in [0.25, 0.3) is 11.1 Å². The van der Waals surface area contributed by atoms with Crippen molar-refractivity contribution < 1.29 is 19.6 Å². The molecule has 0 aliphatic rings. The highest BCUT2D eigenvalue weighted by Crippen LogP contribution is 2.20. The van der Waals surface area contributed by atoms with E-state index in [1.54, 1.807) is 12.1 Å². The largest absolute Gasteiger partial charge is 0.352 e. The fraction of sp³-hybridized carbons (Fsp3) is 0.318. The van der Waals surface area contributed by atoms with Gasteiger partial charge >= 0.3 is 0 Å². The van der Waals surface area contributed by atoms with E-state index < -0.39 is 11.9 Å². The van der Waals surface area contributed by atoms with E-state index in [0.717, 1.165) is 17.5 Å². The maximum atomic E-state index is 12.3. The van der Waals surface area contributed by atoms with E-state index in [-0.39, 0.29) is 24.8 Å². The Morgan fingerprint density at radius 2 is 1.60 bits per heavy atom. The molecule has 160 valence electrons. The molecule has 0 heterocycles. The zero-order valence-electron chi connectivity index (χ0n) is 17.0. The van der Waals surface area contributed by atoms with Gasteiger partial charge in [0.25, 0.3) is 11.8 Å². The third-order valence-electron chi connectivity index (χ3n) is 4.71. The smallest absolute Gasteiger partial charge is 0.267 e. The van der Waals surface area contributed by atoms with Crippen molar-refractivity contribution in [3.8, 4) is 11.1 Å². The van der Waals surface area contributed by atoms with Gasteiger partial charge in [-0.15, -0.1) is 0 Å². The van der Waals surface area contributed by atoms with Gasteiger partial charge in [-0.1, -0.05) is 43.3 Å². The maximum Gasteiger partial charge on any atom is 0.267 e. The van der Waals surface area contributed by atoms with E-state index in [4.69, 9.17) is 10.9 Å². The summed E-state index contributed by atoms with van der Waals surface area (Å²) in [4.78, 5) is 35.4. The molecule has 6 N–H and O–H groups in total. The van der Waals surface area contributed by atoms with E-state index >= 15 is 0 Å². The molecule has 30 heavy (non-hydrogen) atoms. The van der Waals surface area contributed by atoms with E-state index in [2.05, 4.69) is 41.8 Å². The molecule has 1 atom stereocenters. The lowest BCUT2D eigenvalue weighted by atomic mass is 10.0. The van der Waals surface area contributed by atoms with E-state index in [1.807, 2.05) is 12.1 Å². The van der Waals surface area contributed by atoms with Crippen LogP contribution in [0.15, 0.2) is 48.5 Å². The molecule has 0 spiro atoms. The van der Waals surface area contributed by atoms with Crippen molar-refractivity contribution in [1.29, 1.82) is 0 Å². The molecule has 0 saturated carbocycles. The maximum absolute atomic E-state index is 12.3. The Morgan fingerprint density at radius 1 is 1.00 bits per heavy atom. The summed E-state index contributed by atoms with van der Waals surface area (Å²) in [5.41, 5.74) is 10.8. The van der Waals surface area contributed by atoms with Gasteiger partial charge in [0.1, 0.15) is 6.04 Å². The number of hydroxylamine groups is 1. The average Bonchev–Trinajstić information content (AvgIpc) is 2.79. The monoisotopic (exact) mass is 412 g/mol. The van der Waals surface area contributed by atoms with Crippen molar-refractivity contribution in [2.75, 3.05) is 13.1 Å². The summed E-state index contributed by atoms with van der Waals surface area (Å²) < 4.78 is 0. The molecule has 3 amide bonds. The molecular formula is C22H28N4O4. The van der Waals surface area contributed by atoms with Crippen LogP contribution in [-0.2, 0) is 16.0 Å². The lowest BCUT2D eigenvalue weighted by Crippen LogP contribution is -2.50. The van der Waals surface area contributed by atoms with Crippen LogP contribution in [0, 0.1) is 0 Å². The molecule has 2 aromatic carbocycles. The number of amides is 3. The number of carbonyl (C=O) groups is 3. The van der Waals surface area contributed by atoms with Crippen LogP contribution in [0.3, 0.4) is 0 Å². The predicted molar refractivity (Wildman–Crippen MR) is 114 cm³/mol. The van der Waals surface area contributed by atoms with Gasteiger partial charge in [-0.05, 0) is 41.7 Å². The molecule has 0 aromatic heterocycles.